The zero-order valence-corrected chi connectivity index (χ0v) is 9.49. The lowest BCUT2D eigenvalue weighted by molar-refractivity contribution is 0.356. The molecule has 0 aliphatic heterocycles. The second-order valence-corrected chi connectivity index (χ2v) is 3.48. The summed E-state index contributed by atoms with van der Waals surface area (Å²) in [6.07, 6.45) is 4.85. The van der Waals surface area contributed by atoms with E-state index in [0.29, 0.717) is 13.2 Å². The predicted molar refractivity (Wildman–Crippen MR) is 64.2 cm³/mol. The molecule has 1 aromatic rings. The van der Waals surface area contributed by atoms with E-state index in [9.17, 15) is 0 Å². The molecule has 0 aliphatic carbocycles. The van der Waals surface area contributed by atoms with Crippen molar-refractivity contribution in [3.8, 4) is 5.75 Å². The van der Waals surface area contributed by atoms with Crippen LogP contribution in [0.15, 0.2) is 30.4 Å². The molecule has 0 aromatic heterocycles. The Bertz CT molecular complexity index is 331. The minimum absolute atomic E-state index is 0.624. The fourth-order valence-electron chi connectivity index (χ4n) is 1.50. The maximum Gasteiger partial charge on any atom is 0.125 e. The maximum atomic E-state index is 5.72. The molecule has 0 unspecified atom stereocenters. The van der Waals surface area contributed by atoms with Crippen LogP contribution in [0.1, 0.15) is 18.1 Å². The second kappa shape index (κ2) is 6.25. The molecule has 15 heavy (non-hydrogen) atoms. The summed E-state index contributed by atoms with van der Waals surface area (Å²) in [6.45, 7) is 5.33. The molecular formula is C13H19NO. The molecule has 0 saturated heterocycles. The first kappa shape index (κ1) is 11.8. The maximum absolute atomic E-state index is 5.72. The average Bonchev–Trinajstić information content (AvgIpc) is 2.23. The fraction of sp³-hybridized carbons (Fsp3) is 0.385. The Labute approximate surface area is 91.7 Å². The first-order valence-corrected chi connectivity index (χ1v) is 5.32. The highest BCUT2D eigenvalue weighted by Crippen LogP contribution is 2.23. The van der Waals surface area contributed by atoms with Crippen LogP contribution in [-0.2, 0) is 6.42 Å². The third kappa shape index (κ3) is 3.40. The number of para-hydroxylation sites is 1. The van der Waals surface area contributed by atoms with Gasteiger partial charge in [-0.15, -0.1) is 0 Å². The number of allylic oxidation sites excluding steroid dienone is 1. The number of aryl methyl sites for hydroxylation is 1. The van der Waals surface area contributed by atoms with Gasteiger partial charge in [0.2, 0.25) is 0 Å². The number of rotatable bonds is 5. The van der Waals surface area contributed by atoms with E-state index in [0.717, 1.165) is 12.2 Å². The van der Waals surface area contributed by atoms with E-state index >= 15 is 0 Å². The van der Waals surface area contributed by atoms with Crippen molar-refractivity contribution < 1.29 is 4.74 Å². The van der Waals surface area contributed by atoms with Crippen molar-refractivity contribution in [2.75, 3.05) is 13.2 Å². The minimum Gasteiger partial charge on any atom is -0.489 e. The van der Waals surface area contributed by atoms with Crippen LogP contribution in [0.3, 0.4) is 0 Å². The van der Waals surface area contributed by atoms with E-state index in [-0.39, 0.29) is 0 Å². The molecule has 1 aromatic carbocycles. The number of ether oxygens (including phenoxy) is 1. The number of nitrogens with two attached hydrogens (primary N) is 1. The van der Waals surface area contributed by atoms with Crippen LogP contribution >= 0.6 is 0 Å². The zero-order chi connectivity index (χ0) is 11.1. The minimum atomic E-state index is 0.624. The molecule has 2 N–H and O–H groups in total. The average molecular weight is 205 g/mol. The number of benzene rings is 1. The van der Waals surface area contributed by atoms with Gasteiger partial charge in [-0.1, -0.05) is 30.4 Å². The van der Waals surface area contributed by atoms with Crippen molar-refractivity contribution >= 4 is 0 Å². The molecule has 2 nitrogen and oxygen atoms in total. The predicted octanol–water partition coefficient (Wildman–Crippen LogP) is 2.45. The molecule has 0 saturated carbocycles. The van der Waals surface area contributed by atoms with Crippen LogP contribution in [0.5, 0.6) is 5.75 Å². The molecule has 0 atom stereocenters. The van der Waals surface area contributed by atoms with Crippen LogP contribution < -0.4 is 10.5 Å². The first-order valence-electron chi connectivity index (χ1n) is 5.32. The van der Waals surface area contributed by atoms with Crippen LogP contribution in [0.2, 0.25) is 0 Å². The highest BCUT2D eigenvalue weighted by Gasteiger charge is 2.04. The standard InChI is InChI=1S/C13H19NO/c1-3-4-10-15-13-11(2)6-5-7-12(13)8-9-14/h3-7H,8-10,14H2,1-2H3/b4-3+. The van der Waals surface area contributed by atoms with Gasteiger partial charge in [0.15, 0.2) is 0 Å². The number of hydrogen-bond donors (Lipinski definition) is 1. The third-order valence-corrected chi connectivity index (χ3v) is 2.27. The molecule has 0 heterocycles. The van der Waals surface area contributed by atoms with Gasteiger partial charge in [0.1, 0.15) is 12.4 Å². The summed E-state index contributed by atoms with van der Waals surface area (Å²) >= 11 is 0. The van der Waals surface area contributed by atoms with E-state index in [1.807, 2.05) is 25.1 Å². The quantitative estimate of drug-likeness (QED) is 0.749. The molecule has 0 bridgehead atoms. The van der Waals surface area contributed by atoms with Gasteiger partial charge >= 0.3 is 0 Å². The second-order valence-electron chi connectivity index (χ2n) is 3.48. The van der Waals surface area contributed by atoms with E-state index in [2.05, 4.69) is 19.1 Å². The van der Waals surface area contributed by atoms with Gasteiger partial charge < -0.3 is 10.5 Å². The van der Waals surface area contributed by atoms with Crippen LogP contribution in [0, 0.1) is 6.92 Å². The Morgan fingerprint density at radius 3 is 2.87 bits per heavy atom. The Hall–Kier alpha value is -1.28. The Morgan fingerprint density at radius 2 is 2.20 bits per heavy atom. The monoisotopic (exact) mass is 205 g/mol. The summed E-state index contributed by atoms with van der Waals surface area (Å²) in [7, 11) is 0. The van der Waals surface area contributed by atoms with E-state index in [1.165, 1.54) is 11.1 Å². The Kier molecular flexibility index (Phi) is 4.91. The van der Waals surface area contributed by atoms with Crippen molar-refractivity contribution in [2.24, 2.45) is 5.73 Å². The van der Waals surface area contributed by atoms with Crippen molar-refractivity contribution in [1.82, 2.24) is 0 Å². The molecule has 0 fully saturated rings. The van der Waals surface area contributed by atoms with Crippen molar-refractivity contribution in [3.63, 3.8) is 0 Å². The summed E-state index contributed by atoms with van der Waals surface area (Å²) in [5.74, 6) is 0.987. The molecule has 0 radical (unpaired) electrons. The normalized spacial score (nSPS) is 10.9. The van der Waals surface area contributed by atoms with Crippen LogP contribution in [0.25, 0.3) is 0 Å². The summed E-state index contributed by atoms with van der Waals surface area (Å²) in [4.78, 5) is 0. The van der Waals surface area contributed by atoms with Crippen molar-refractivity contribution in [2.45, 2.75) is 20.3 Å². The highest BCUT2D eigenvalue weighted by atomic mass is 16.5. The SMILES string of the molecule is C/C=C/COc1c(C)cccc1CCN. The lowest BCUT2D eigenvalue weighted by Gasteiger charge is -2.12. The lowest BCUT2D eigenvalue weighted by atomic mass is 10.1. The van der Waals surface area contributed by atoms with Crippen LogP contribution in [0.4, 0.5) is 0 Å². The molecule has 2 heteroatoms. The summed E-state index contributed by atoms with van der Waals surface area (Å²) in [6, 6.07) is 6.18. The Morgan fingerprint density at radius 1 is 1.40 bits per heavy atom. The van der Waals surface area contributed by atoms with Crippen molar-refractivity contribution in [3.05, 3.63) is 41.5 Å². The van der Waals surface area contributed by atoms with Gasteiger partial charge in [0, 0.05) is 0 Å². The van der Waals surface area contributed by atoms with Crippen molar-refractivity contribution in [1.29, 1.82) is 0 Å². The molecule has 82 valence electrons. The largest absolute Gasteiger partial charge is 0.489 e. The van der Waals surface area contributed by atoms with E-state index in [1.54, 1.807) is 0 Å². The van der Waals surface area contributed by atoms with E-state index in [4.69, 9.17) is 10.5 Å². The summed E-state index contributed by atoms with van der Waals surface area (Å²) in [5.41, 5.74) is 7.93. The molecule has 0 aliphatic rings. The van der Waals surface area contributed by atoms with Gasteiger partial charge in [-0.2, -0.15) is 0 Å². The molecule has 0 amide bonds. The van der Waals surface area contributed by atoms with Crippen LogP contribution in [-0.4, -0.2) is 13.2 Å². The molecule has 1 rings (SSSR count). The first-order chi connectivity index (χ1) is 7.29. The van der Waals surface area contributed by atoms with Gasteiger partial charge in [-0.3, -0.25) is 0 Å². The fourth-order valence-corrected chi connectivity index (χ4v) is 1.50. The summed E-state index contributed by atoms with van der Waals surface area (Å²) in [5, 5.41) is 0. The number of hydrogen-bond acceptors (Lipinski definition) is 2. The topological polar surface area (TPSA) is 35.2 Å². The van der Waals surface area contributed by atoms with Gasteiger partial charge in [-0.05, 0) is 37.9 Å². The summed E-state index contributed by atoms with van der Waals surface area (Å²) < 4.78 is 5.72. The molecule has 0 spiro atoms. The smallest absolute Gasteiger partial charge is 0.125 e. The van der Waals surface area contributed by atoms with Gasteiger partial charge in [0.25, 0.3) is 0 Å². The third-order valence-electron chi connectivity index (χ3n) is 2.27. The van der Waals surface area contributed by atoms with Gasteiger partial charge in [-0.25, -0.2) is 0 Å². The van der Waals surface area contributed by atoms with E-state index < -0.39 is 0 Å². The zero-order valence-electron chi connectivity index (χ0n) is 9.49. The highest BCUT2D eigenvalue weighted by molar-refractivity contribution is 5.41. The Balaban J connectivity index is 2.81. The lowest BCUT2D eigenvalue weighted by Crippen LogP contribution is -2.06. The molecular weight excluding hydrogens is 186 g/mol. The van der Waals surface area contributed by atoms with Gasteiger partial charge in [0.05, 0.1) is 0 Å².